The number of benzene rings is 3. The first kappa shape index (κ1) is 17.4. The van der Waals surface area contributed by atoms with Gasteiger partial charge in [0.1, 0.15) is 5.60 Å². The molecule has 0 aromatic heterocycles. The Morgan fingerprint density at radius 2 is 1.24 bits per heavy atom. The van der Waals surface area contributed by atoms with E-state index in [4.69, 9.17) is 4.74 Å². The third-order valence-electron chi connectivity index (χ3n) is 4.86. The number of rotatable bonds is 7. The molecule has 0 aliphatic carbocycles. The monoisotopic (exact) mass is 330 g/mol. The van der Waals surface area contributed by atoms with E-state index < -0.39 is 5.60 Å². The normalized spacial score (nSPS) is 11.4. The molecule has 0 atom stereocenters. The Kier molecular flexibility index (Phi) is 5.67. The molecule has 0 saturated heterocycles. The van der Waals surface area contributed by atoms with Gasteiger partial charge in [0, 0.05) is 7.11 Å². The Morgan fingerprint density at radius 1 is 0.720 bits per heavy atom. The van der Waals surface area contributed by atoms with E-state index in [1.165, 1.54) is 24.0 Å². The topological polar surface area (TPSA) is 9.23 Å². The van der Waals surface area contributed by atoms with E-state index in [2.05, 4.69) is 91.9 Å². The molecule has 0 fully saturated rings. The van der Waals surface area contributed by atoms with Crippen LogP contribution in [0.25, 0.3) is 0 Å². The fraction of sp³-hybridized carbons (Fsp3) is 0.250. The van der Waals surface area contributed by atoms with Crippen molar-refractivity contribution in [3.05, 3.63) is 107 Å². The van der Waals surface area contributed by atoms with Crippen LogP contribution in [-0.4, -0.2) is 7.11 Å². The summed E-state index contributed by atoms with van der Waals surface area (Å²) in [5.41, 5.74) is 4.33. The maximum Gasteiger partial charge on any atom is 0.143 e. The largest absolute Gasteiger partial charge is 0.364 e. The van der Waals surface area contributed by atoms with E-state index in [0.717, 1.165) is 17.5 Å². The first-order valence-corrected chi connectivity index (χ1v) is 9.07. The lowest BCUT2D eigenvalue weighted by molar-refractivity contribution is 0.0577. The van der Waals surface area contributed by atoms with Gasteiger partial charge in [0.2, 0.25) is 0 Å². The molecule has 0 saturated carbocycles. The van der Waals surface area contributed by atoms with Crippen molar-refractivity contribution in [3.8, 4) is 0 Å². The molecule has 0 spiro atoms. The quantitative estimate of drug-likeness (QED) is 0.485. The maximum atomic E-state index is 6.32. The van der Waals surface area contributed by atoms with E-state index in [0.29, 0.717) is 0 Å². The molecule has 3 rings (SSSR count). The first-order valence-electron chi connectivity index (χ1n) is 9.07. The van der Waals surface area contributed by atoms with Gasteiger partial charge in [0.15, 0.2) is 0 Å². The molecule has 3 aromatic carbocycles. The zero-order valence-corrected chi connectivity index (χ0v) is 15.1. The highest BCUT2D eigenvalue weighted by Crippen LogP contribution is 2.41. The number of aryl methyl sites for hydroxylation is 1. The van der Waals surface area contributed by atoms with E-state index in [-0.39, 0.29) is 0 Å². The molecule has 0 N–H and O–H groups in total. The second-order valence-electron chi connectivity index (χ2n) is 6.38. The van der Waals surface area contributed by atoms with Crippen LogP contribution in [0.15, 0.2) is 84.9 Å². The number of hydrogen-bond donors (Lipinski definition) is 0. The van der Waals surface area contributed by atoms with E-state index >= 15 is 0 Å². The van der Waals surface area contributed by atoms with Crippen LogP contribution in [0.2, 0.25) is 0 Å². The molecule has 0 unspecified atom stereocenters. The van der Waals surface area contributed by atoms with Crippen molar-refractivity contribution in [1.82, 2.24) is 0 Å². The highest BCUT2D eigenvalue weighted by molar-refractivity contribution is 5.50. The highest BCUT2D eigenvalue weighted by atomic mass is 16.5. The zero-order valence-electron chi connectivity index (χ0n) is 15.1. The first-order chi connectivity index (χ1) is 12.3. The molecule has 0 aliphatic heterocycles. The average Bonchev–Trinajstić information content (AvgIpc) is 2.70. The fourth-order valence-electron chi connectivity index (χ4n) is 3.62. The number of hydrogen-bond acceptors (Lipinski definition) is 1. The molecule has 25 heavy (non-hydrogen) atoms. The van der Waals surface area contributed by atoms with Crippen LogP contribution in [0.4, 0.5) is 0 Å². The Balaban J connectivity index is 2.26. The average molecular weight is 330 g/mol. The lowest BCUT2D eigenvalue weighted by atomic mass is 9.77. The van der Waals surface area contributed by atoms with Gasteiger partial charge < -0.3 is 4.74 Å². The van der Waals surface area contributed by atoms with Crippen molar-refractivity contribution in [1.29, 1.82) is 0 Å². The van der Waals surface area contributed by atoms with Gasteiger partial charge in [-0.1, -0.05) is 98.3 Å². The van der Waals surface area contributed by atoms with E-state index in [9.17, 15) is 0 Å². The summed E-state index contributed by atoms with van der Waals surface area (Å²) in [7, 11) is 1.82. The molecule has 0 radical (unpaired) electrons. The lowest BCUT2D eigenvalue weighted by Crippen LogP contribution is -2.32. The van der Waals surface area contributed by atoms with Crippen molar-refractivity contribution in [3.63, 3.8) is 0 Å². The number of methoxy groups -OCH3 is 1. The molecule has 3 aromatic rings. The molecule has 128 valence electrons. The van der Waals surface area contributed by atoms with Gasteiger partial charge in [0.05, 0.1) is 0 Å². The summed E-state index contributed by atoms with van der Waals surface area (Å²) < 4.78 is 6.32. The van der Waals surface area contributed by atoms with Gasteiger partial charge in [-0.05, 0) is 35.1 Å². The summed E-state index contributed by atoms with van der Waals surface area (Å²) in [5.74, 6) is 0. The summed E-state index contributed by atoms with van der Waals surface area (Å²) >= 11 is 0. The molecule has 0 bridgehead atoms. The van der Waals surface area contributed by atoms with Gasteiger partial charge in [-0.2, -0.15) is 0 Å². The predicted molar refractivity (Wildman–Crippen MR) is 105 cm³/mol. The summed E-state index contributed by atoms with van der Waals surface area (Å²) in [6, 6.07) is 29.8. The molecule has 0 amide bonds. The SMILES string of the molecule is CCCCc1ccccc1C(OC)(c1ccccc1)c1ccccc1. The Morgan fingerprint density at radius 3 is 1.76 bits per heavy atom. The van der Waals surface area contributed by atoms with Crippen LogP contribution in [0.3, 0.4) is 0 Å². The summed E-state index contributed by atoms with van der Waals surface area (Å²) in [6.45, 7) is 2.24. The van der Waals surface area contributed by atoms with Crippen LogP contribution in [0.1, 0.15) is 42.0 Å². The van der Waals surface area contributed by atoms with Crippen LogP contribution in [-0.2, 0) is 16.8 Å². The molecule has 1 nitrogen and oxygen atoms in total. The second kappa shape index (κ2) is 8.13. The summed E-state index contributed by atoms with van der Waals surface area (Å²) in [4.78, 5) is 0. The third-order valence-corrected chi connectivity index (χ3v) is 4.86. The Hall–Kier alpha value is -2.38. The molecule has 1 heteroatoms. The molecular formula is C24H26O. The van der Waals surface area contributed by atoms with Crippen LogP contribution in [0, 0.1) is 0 Å². The molecular weight excluding hydrogens is 304 g/mol. The van der Waals surface area contributed by atoms with Gasteiger partial charge in [-0.3, -0.25) is 0 Å². The summed E-state index contributed by atoms with van der Waals surface area (Å²) in [5, 5.41) is 0. The molecule has 0 aliphatic rings. The van der Waals surface area contributed by atoms with Crippen molar-refractivity contribution in [2.24, 2.45) is 0 Å². The number of ether oxygens (including phenoxy) is 1. The molecule has 0 heterocycles. The fourth-order valence-corrected chi connectivity index (χ4v) is 3.62. The zero-order chi connectivity index (χ0) is 17.5. The minimum absolute atomic E-state index is 0.590. The second-order valence-corrected chi connectivity index (χ2v) is 6.38. The van der Waals surface area contributed by atoms with Gasteiger partial charge in [0.25, 0.3) is 0 Å². The lowest BCUT2D eigenvalue weighted by Gasteiger charge is -2.36. The van der Waals surface area contributed by atoms with E-state index in [1.807, 2.05) is 7.11 Å². The van der Waals surface area contributed by atoms with Crippen LogP contribution in [0.5, 0.6) is 0 Å². The minimum atomic E-state index is -0.590. The minimum Gasteiger partial charge on any atom is -0.364 e. The summed E-state index contributed by atoms with van der Waals surface area (Å²) in [6.07, 6.45) is 3.43. The number of unbranched alkanes of at least 4 members (excludes halogenated alkanes) is 1. The van der Waals surface area contributed by atoms with Crippen LogP contribution >= 0.6 is 0 Å². The van der Waals surface area contributed by atoms with Crippen molar-refractivity contribution in [2.45, 2.75) is 31.8 Å². The third kappa shape index (κ3) is 3.38. The van der Waals surface area contributed by atoms with Gasteiger partial charge in [-0.15, -0.1) is 0 Å². The van der Waals surface area contributed by atoms with Crippen molar-refractivity contribution < 1.29 is 4.74 Å². The smallest absolute Gasteiger partial charge is 0.143 e. The Labute approximate surface area is 151 Å². The standard InChI is InChI=1S/C24H26O/c1-3-4-13-20-14-11-12-19-23(20)24(25-2,21-15-7-5-8-16-21)22-17-9-6-10-18-22/h5-12,14-19H,3-4,13H2,1-2H3. The van der Waals surface area contributed by atoms with Gasteiger partial charge in [-0.25, -0.2) is 0 Å². The predicted octanol–water partition coefficient (Wildman–Crippen LogP) is 5.97. The highest BCUT2D eigenvalue weighted by Gasteiger charge is 2.37. The van der Waals surface area contributed by atoms with Crippen molar-refractivity contribution >= 4 is 0 Å². The maximum absolute atomic E-state index is 6.32. The van der Waals surface area contributed by atoms with Gasteiger partial charge >= 0.3 is 0 Å². The van der Waals surface area contributed by atoms with Crippen LogP contribution < -0.4 is 0 Å². The van der Waals surface area contributed by atoms with E-state index in [1.54, 1.807) is 0 Å². The van der Waals surface area contributed by atoms with Crippen molar-refractivity contribution in [2.75, 3.05) is 7.11 Å². The Bertz CT molecular complexity index is 738.